The minimum absolute atomic E-state index is 0.0507. The molecule has 1 aliphatic carbocycles. The predicted octanol–water partition coefficient (Wildman–Crippen LogP) is 3.29. The van der Waals surface area contributed by atoms with Crippen LogP contribution in [-0.2, 0) is 19.4 Å². The lowest BCUT2D eigenvalue weighted by atomic mass is 9.95. The lowest BCUT2D eigenvalue weighted by Crippen LogP contribution is -2.48. The average molecular weight is 353 g/mol. The van der Waals surface area contributed by atoms with E-state index in [0.29, 0.717) is 11.7 Å². The van der Waals surface area contributed by atoms with Crippen molar-refractivity contribution in [2.24, 2.45) is 0 Å². The lowest BCUT2D eigenvalue weighted by molar-refractivity contribution is 0.0591. The predicted molar refractivity (Wildman–Crippen MR) is 100.0 cm³/mol. The smallest absolute Gasteiger partial charge is 0.276 e. The highest BCUT2D eigenvalue weighted by atomic mass is 16.5. The molecule has 2 heterocycles. The molecule has 2 aliphatic rings. The van der Waals surface area contributed by atoms with Crippen molar-refractivity contribution in [2.45, 2.75) is 51.1 Å². The minimum Gasteiger partial charge on any atom is -0.360 e. The Hall–Kier alpha value is -2.14. The SMILES string of the molecule is CN(Cc1ccccc1)C1CCCN(C(=O)c2noc3c2CCCC3)C1. The summed E-state index contributed by atoms with van der Waals surface area (Å²) in [4.78, 5) is 17.4. The number of likely N-dealkylation sites (N-methyl/N-ethyl adjacent to an activating group) is 1. The number of piperidine rings is 1. The highest BCUT2D eigenvalue weighted by molar-refractivity contribution is 5.94. The first-order valence-corrected chi connectivity index (χ1v) is 9.73. The van der Waals surface area contributed by atoms with Gasteiger partial charge in [0, 0.05) is 37.7 Å². The summed E-state index contributed by atoms with van der Waals surface area (Å²) >= 11 is 0. The molecule has 0 bridgehead atoms. The molecule has 1 amide bonds. The molecule has 1 saturated heterocycles. The van der Waals surface area contributed by atoms with Crippen molar-refractivity contribution in [3.63, 3.8) is 0 Å². The number of aryl methyl sites for hydroxylation is 1. The number of rotatable bonds is 4. The molecule has 1 aromatic heterocycles. The van der Waals surface area contributed by atoms with Crippen LogP contribution in [0, 0.1) is 0 Å². The first-order chi connectivity index (χ1) is 12.7. The van der Waals surface area contributed by atoms with Gasteiger partial charge in [-0.3, -0.25) is 9.69 Å². The molecular weight excluding hydrogens is 326 g/mol. The number of aromatic nitrogens is 1. The Morgan fingerprint density at radius 1 is 1.23 bits per heavy atom. The molecule has 1 unspecified atom stereocenters. The van der Waals surface area contributed by atoms with Crippen LogP contribution in [0.4, 0.5) is 0 Å². The topological polar surface area (TPSA) is 49.6 Å². The van der Waals surface area contributed by atoms with Crippen molar-refractivity contribution in [1.82, 2.24) is 15.0 Å². The number of carbonyl (C=O) groups excluding carboxylic acids is 1. The van der Waals surface area contributed by atoms with E-state index in [9.17, 15) is 4.79 Å². The van der Waals surface area contributed by atoms with Crippen LogP contribution >= 0.6 is 0 Å². The Morgan fingerprint density at radius 2 is 2.04 bits per heavy atom. The van der Waals surface area contributed by atoms with E-state index in [1.54, 1.807) is 0 Å². The molecule has 0 N–H and O–H groups in total. The van der Waals surface area contributed by atoms with Gasteiger partial charge < -0.3 is 9.42 Å². The average Bonchev–Trinajstić information content (AvgIpc) is 3.12. The van der Waals surface area contributed by atoms with Crippen molar-refractivity contribution in [3.05, 3.63) is 52.9 Å². The van der Waals surface area contributed by atoms with Crippen molar-refractivity contribution in [2.75, 3.05) is 20.1 Å². The summed E-state index contributed by atoms with van der Waals surface area (Å²) in [5, 5.41) is 4.13. The summed E-state index contributed by atoms with van der Waals surface area (Å²) in [5.74, 6) is 0.976. The third-order valence-corrected chi connectivity index (χ3v) is 5.73. The molecule has 2 aromatic rings. The number of hydrogen-bond donors (Lipinski definition) is 0. The Kier molecular flexibility index (Phi) is 5.07. The normalized spacial score (nSPS) is 20.2. The molecule has 1 aromatic carbocycles. The Balaban J connectivity index is 1.43. The van der Waals surface area contributed by atoms with Crippen LogP contribution < -0.4 is 0 Å². The number of likely N-dealkylation sites (tertiary alicyclic amines) is 1. The molecular formula is C21H27N3O2. The third kappa shape index (κ3) is 3.54. The van der Waals surface area contributed by atoms with Crippen LogP contribution in [0.5, 0.6) is 0 Å². The number of fused-ring (bicyclic) bond motifs is 1. The van der Waals surface area contributed by atoms with E-state index in [1.807, 2.05) is 11.0 Å². The quantitative estimate of drug-likeness (QED) is 0.846. The number of nitrogens with zero attached hydrogens (tertiary/aromatic N) is 3. The van der Waals surface area contributed by atoms with Gasteiger partial charge in [-0.1, -0.05) is 35.5 Å². The lowest BCUT2D eigenvalue weighted by Gasteiger charge is -2.37. The van der Waals surface area contributed by atoms with Crippen LogP contribution in [0.3, 0.4) is 0 Å². The van der Waals surface area contributed by atoms with Gasteiger partial charge >= 0.3 is 0 Å². The Bertz CT molecular complexity index is 756. The van der Waals surface area contributed by atoms with Crippen LogP contribution in [0.2, 0.25) is 0 Å². The van der Waals surface area contributed by atoms with Gasteiger partial charge in [0.2, 0.25) is 0 Å². The fraction of sp³-hybridized carbons (Fsp3) is 0.524. The molecule has 26 heavy (non-hydrogen) atoms. The zero-order valence-corrected chi connectivity index (χ0v) is 15.5. The zero-order chi connectivity index (χ0) is 17.9. The van der Waals surface area contributed by atoms with Gasteiger partial charge in [-0.15, -0.1) is 0 Å². The molecule has 0 spiro atoms. The van der Waals surface area contributed by atoms with Gasteiger partial charge in [0.25, 0.3) is 5.91 Å². The van der Waals surface area contributed by atoms with E-state index in [-0.39, 0.29) is 5.91 Å². The molecule has 138 valence electrons. The highest BCUT2D eigenvalue weighted by Gasteiger charge is 2.31. The molecule has 5 nitrogen and oxygen atoms in total. The summed E-state index contributed by atoms with van der Waals surface area (Å²) < 4.78 is 5.44. The van der Waals surface area contributed by atoms with E-state index in [2.05, 4.69) is 41.4 Å². The molecule has 0 radical (unpaired) electrons. The third-order valence-electron chi connectivity index (χ3n) is 5.73. The second-order valence-electron chi connectivity index (χ2n) is 7.59. The fourth-order valence-electron chi connectivity index (χ4n) is 4.20. The van der Waals surface area contributed by atoms with E-state index in [4.69, 9.17) is 4.52 Å². The van der Waals surface area contributed by atoms with Gasteiger partial charge in [-0.25, -0.2) is 0 Å². The number of benzene rings is 1. The Morgan fingerprint density at radius 3 is 2.88 bits per heavy atom. The maximum atomic E-state index is 13.0. The van der Waals surface area contributed by atoms with E-state index < -0.39 is 0 Å². The molecule has 4 rings (SSSR count). The van der Waals surface area contributed by atoms with Gasteiger partial charge in [0.05, 0.1) is 0 Å². The molecule has 0 saturated carbocycles. The van der Waals surface area contributed by atoms with Crippen molar-refractivity contribution >= 4 is 5.91 Å². The second kappa shape index (κ2) is 7.62. The minimum atomic E-state index is 0.0507. The van der Waals surface area contributed by atoms with Gasteiger partial charge in [-0.05, 0) is 44.7 Å². The van der Waals surface area contributed by atoms with E-state index in [1.165, 1.54) is 5.56 Å². The molecule has 5 heteroatoms. The van der Waals surface area contributed by atoms with E-state index in [0.717, 1.165) is 69.5 Å². The molecule has 1 atom stereocenters. The molecule has 1 fully saturated rings. The highest BCUT2D eigenvalue weighted by Crippen LogP contribution is 2.26. The second-order valence-corrected chi connectivity index (χ2v) is 7.59. The maximum Gasteiger partial charge on any atom is 0.276 e. The van der Waals surface area contributed by atoms with Crippen LogP contribution in [0.15, 0.2) is 34.9 Å². The number of hydrogen-bond acceptors (Lipinski definition) is 4. The fourth-order valence-corrected chi connectivity index (χ4v) is 4.20. The Labute approximate surface area is 155 Å². The zero-order valence-electron chi connectivity index (χ0n) is 15.5. The summed E-state index contributed by atoms with van der Waals surface area (Å²) in [6.07, 6.45) is 6.26. The summed E-state index contributed by atoms with van der Waals surface area (Å²) in [6, 6.07) is 10.9. The van der Waals surface area contributed by atoms with Crippen molar-refractivity contribution in [3.8, 4) is 0 Å². The largest absolute Gasteiger partial charge is 0.360 e. The monoisotopic (exact) mass is 353 g/mol. The first-order valence-electron chi connectivity index (χ1n) is 9.73. The van der Waals surface area contributed by atoms with Crippen molar-refractivity contribution < 1.29 is 9.32 Å². The van der Waals surface area contributed by atoms with Crippen LogP contribution in [-0.4, -0.2) is 47.0 Å². The van der Waals surface area contributed by atoms with Gasteiger partial charge in [0.1, 0.15) is 5.76 Å². The standard InChI is InChI=1S/C21H27N3O2/c1-23(14-16-8-3-2-4-9-16)17-10-7-13-24(15-17)21(25)20-18-11-5-6-12-19(18)26-22-20/h2-4,8-9,17H,5-7,10-15H2,1H3. The first kappa shape index (κ1) is 17.3. The number of amides is 1. The number of carbonyl (C=O) groups is 1. The van der Waals surface area contributed by atoms with Crippen molar-refractivity contribution in [1.29, 1.82) is 0 Å². The maximum absolute atomic E-state index is 13.0. The van der Waals surface area contributed by atoms with Crippen LogP contribution in [0.1, 0.15) is 53.1 Å². The summed E-state index contributed by atoms with van der Waals surface area (Å²) in [6.45, 7) is 2.49. The summed E-state index contributed by atoms with van der Waals surface area (Å²) in [5.41, 5.74) is 2.93. The molecule has 1 aliphatic heterocycles. The van der Waals surface area contributed by atoms with E-state index >= 15 is 0 Å². The van der Waals surface area contributed by atoms with Crippen LogP contribution in [0.25, 0.3) is 0 Å². The van der Waals surface area contributed by atoms with Gasteiger partial charge in [-0.2, -0.15) is 0 Å². The van der Waals surface area contributed by atoms with Gasteiger partial charge in [0.15, 0.2) is 5.69 Å². The summed E-state index contributed by atoms with van der Waals surface area (Å²) in [7, 11) is 2.16.